The molecule has 0 saturated heterocycles. The van der Waals surface area contributed by atoms with E-state index in [-0.39, 0.29) is 29.1 Å². The van der Waals surface area contributed by atoms with Crippen LogP contribution in [0.2, 0.25) is 0 Å². The molecule has 5 nitrogen and oxygen atoms in total. The van der Waals surface area contributed by atoms with Gasteiger partial charge in [-0.1, -0.05) is 47.6 Å². The Labute approximate surface area is 211 Å². The van der Waals surface area contributed by atoms with Crippen LogP contribution in [0.3, 0.4) is 0 Å². The van der Waals surface area contributed by atoms with Crippen LogP contribution in [0.5, 0.6) is 0 Å². The lowest BCUT2D eigenvalue weighted by atomic mass is 9.44. The van der Waals surface area contributed by atoms with Crippen molar-refractivity contribution in [3.05, 3.63) is 12.7 Å². The summed E-state index contributed by atoms with van der Waals surface area (Å²) in [6.07, 6.45) is 4.64. The van der Waals surface area contributed by atoms with Gasteiger partial charge in [0, 0.05) is 35.5 Å². The van der Waals surface area contributed by atoms with E-state index >= 15 is 0 Å². The quantitative estimate of drug-likeness (QED) is 0.278. The number of nitrogens with zero attached hydrogens (tertiary/aromatic N) is 1. The van der Waals surface area contributed by atoms with Crippen molar-refractivity contribution in [3.63, 3.8) is 0 Å². The molecule has 2 unspecified atom stereocenters. The summed E-state index contributed by atoms with van der Waals surface area (Å²) in [5.74, 6) is 1.37. The molecule has 3 aliphatic rings. The lowest BCUT2D eigenvalue weighted by molar-refractivity contribution is -0.205. The molecule has 3 aliphatic carbocycles. The van der Waals surface area contributed by atoms with E-state index in [1.807, 2.05) is 13.0 Å². The first-order chi connectivity index (χ1) is 16.0. The Morgan fingerprint density at radius 3 is 2.56 bits per heavy atom. The van der Waals surface area contributed by atoms with Crippen molar-refractivity contribution in [1.82, 2.24) is 4.90 Å². The van der Waals surface area contributed by atoms with Gasteiger partial charge in [-0.3, -0.25) is 9.59 Å². The lowest BCUT2D eigenvalue weighted by Gasteiger charge is -2.61. The second-order valence-corrected chi connectivity index (χ2v) is 12.7. The predicted octanol–water partition coefficient (Wildman–Crippen LogP) is 4.97. The maximum absolute atomic E-state index is 13.4. The number of esters is 1. The van der Waals surface area contributed by atoms with Crippen LogP contribution in [0.4, 0.5) is 0 Å². The fraction of sp³-hybridized carbons (Fsp3) is 0.857. The molecule has 1 N–H and O–H groups in total. The van der Waals surface area contributed by atoms with Crippen LogP contribution >= 0.6 is 11.8 Å². The molecule has 0 heterocycles. The Morgan fingerprint density at radius 2 is 1.94 bits per heavy atom. The number of carbonyl (C=O) groups excluding carboxylic acids is 2. The number of aliphatic hydroxyl groups is 1. The molecule has 0 radical (unpaired) electrons. The monoisotopic (exact) mass is 493 g/mol. The summed E-state index contributed by atoms with van der Waals surface area (Å²) >= 11 is 1.61. The van der Waals surface area contributed by atoms with E-state index in [1.54, 1.807) is 11.8 Å². The van der Waals surface area contributed by atoms with Crippen molar-refractivity contribution in [2.24, 2.45) is 34.0 Å². The van der Waals surface area contributed by atoms with Crippen LogP contribution in [0.1, 0.15) is 73.6 Å². The number of ether oxygens (including phenoxy) is 1. The summed E-state index contributed by atoms with van der Waals surface area (Å²) in [5.41, 5.74) is -1.25. The van der Waals surface area contributed by atoms with E-state index in [0.717, 1.165) is 44.6 Å². The predicted molar refractivity (Wildman–Crippen MR) is 140 cm³/mol. The van der Waals surface area contributed by atoms with E-state index in [2.05, 4.69) is 46.1 Å². The number of carbonyl (C=O) groups is 2. The molecule has 3 fully saturated rings. The smallest absolute Gasteiger partial charge is 0.316 e. The third-order valence-electron chi connectivity index (χ3n) is 10.2. The second kappa shape index (κ2) is 10.6. The van der Waals surface area contributed by atoms with Gasteiger partial charge in [-0.2, -0.15) is 0 Å². The summed E-state index contributed by atoms with van der Waals surface area (Å²) in [4.78, 5) is 28.9. The molecule has 194 valence electrons. The summed E-state index contributed by atoms with van der Waals surface area (Å²) in [5, 5.41) is 11.6. The Balaban J connectivity index is 1.88. The normalized spacial score (nSPS) is 42.1. The molecule has 2 bridgehead atoms. The average molecular weight is 494 g/mol. The molecule has 34 heavy (non-hydrogen) atoms. The van der Waals surface area contributed by atoms with Crippen molar-refractivity contribution < 1.29 is 19.4 Å². The van der Waals surface area contributed by atoms with E-state index < -0.39 is 23.0 Å². The highest BCUT2D eigenvalue weighted by Crippen LogP contribution is 2.67. The van der Waals surface area contributed by atoms with Gasteiger partial charge in [-0.25, -0.2) is 0 Å². The minimum absolute atomic E-state index is 0.00828. The van der Waals surface area contributed by atoms with Crippen LogP contribution < -0.4 is 0 Å². The zero-order valence-electron chi connectivity index (χ0n) is 22.3. The Bertz CT molecular complexity index is 770. The van der Waals surface area contributed by atoms with Gasteiger partial charge in [0.05, 0.1) is 11.9 Å². The van der Waals surface area contributed by atoms with E-state index in [4.69, 9.17) is 4.74 Å². The number of aliphatic hydroxyl groups excluding tert-OH is 1. The Kier molecular flexibility index (Phi) is 8.68. The van der Waals surface area contributed by atoms with Gasteiger partial charge in [0.15, 0.2) is 0 Å². The molecule has 3 saturated carbocycles. The largest absolute Gasteiger partial charge is 0.461 e. The molecule has 0 aliphatic heterocycles. The summed E-state index contributed by atoms with van der Waals surface area (Å²) < 4.78 is 6.30. The van der Waals surface area contributed by atoms with Crippen LogP contribution in [0.25, 0.3) is 0 Å². The second-order valence-electron chi connectivity index (χ2n) is 11.6. The molecule has 0 aromatic carbocycles. The minimum Gasteiger partial charge on any atom is -0.461 e. The Morgan fingerprint density at radius 1 is 1.26 bits per heavy atom. The van der Waals surface area contributed by atoms with Crippen LogP contribution in [0.15, 0.2) is 12.7 Å². The van der Waals surface area contributed by atoms with Crippen LogP contribution in [-0.2, 0) is 14.3 Å². The Hall–Kier alpha value is -0.850. The third-order valence-corrected chi connectivity index (χ3v) is 11.2. The highest BCUT2D eigenvalue weighted by atomic mass is 32.2. The first-order valence-corrected chi connectivity index (χ1v) is 14.5. The molecule has 8 atom stereocenters. The maximum atomic E-state index is 13.4. The standard InChI is InChI=1S/C28H47NO4S/c1-8-26(6)17-22(33-23(31)18-34-16-15-29(9-2)10-3)27(7)19(4)11-13-28(20(5)25(26)32)14-12-21(30)24(27)28/h8,19-20,22,24-25,32H,1,9-18H2,2-7H3/t19-,20+,22-,24?,25+,26-,27+,28?/m1/s1. The fourth-order valence-corrected chi connectivity index (χ4v) is 8.35. The molecule has 3 rings (SSSR count). The van der Waals surface area contributed by atoms with Crippen molar-refractivity contribution >= 4 is 23.5 Å². The SMILES string of the molecule is C=C[C@]1(C)C[C@@H](OC(=O)CSCCN(CC)CC)[C@@]2(C)C3C(=O)CCC3(CC[C@H]2C)[C@@H](C)[C@@H]1O. The van der Waals surface area contributed by atoms with Gasteiger partial charge in [0.1, 0.15) is 11.9 Å². The van der Waals surface area contributed by atoms with Crippen molar-refractivity contribution in [3.8, 4) is 0 Å². The highest BCUT2D eigenvalue weighted by Gasteiger charge is 2.68. The van der Waals surface area contributed by atoms with E-state index in [1.165, 1.54) is 0 Å². The van der Waals surface area contributed by atoms with Crippen LogP contribution in [-0.4, -0.2) is 65.1 Å². The summed E-state index contributed by atoms with van der Waals surface area (Å²) in [6, 6.07) is 0. The molecular weight excluding hydrogens is 446 g/mol. The number of hydrogen-bond acceptors (Lipinski definition) is 6. The zero-order chi connectivity index (χ0) is 25.3. The topological polar surface area (TPSA) is 66.8 Å². The molecule has 6 heteroatoms. The number of Topliss-reactive ketones (excluding diaryl/α,β-unsaturated/α-hetero) is 1. The number of rotatable bonds is 9. The molecular formula is C28H47NO4S. The van der Waals surface area contributed by atoms with E-state index in [0.29, 0.717) is 24.4 Å². The van der Waals surface area contributed by atoms with Gasteiger partial charge in [0.2, 0.25) is 0 Å². The number of thioether (sulfide) groups is 1. The average Bonchev–Trinajstić information content (AvgIpc) is 3.17. The van der Waals surface area contributed by atoms with Gasteiger partial charge in [-0.15, -0.1) is 18.3 Å². The molecule has 0 spiro atoms. The van der Waals surface area contributed by atoms with Crippen LogP contribution in [0, 0.1) is 34.0 Å². The van der Waals surface area contributed by atoms with E-state index in [9.17, 15) is 14.7 Å². The molecule has 0 aromatic heterocycles. The fourth-order valence-electron chi connectivity index (χ4n) is 7.58. The first kappa shape index (κ1) is 27.7. The first-order valence-electron chi connectivity index (χ1n) is 13.3. The van der Waals surface area contributed by atoms with Gasteiger partial charge < -0.3 is 14.7 Å². The number of hydrogen-bond donors (Lipinski definition) is 1. The summed E-state index contributed by atoms with van der Waals surface area (Å²) in [6.45, 7) is 20.0. The van der Waals surface area contributed by atoms with Gasteiger partial charge in [-0.05, 0) is 56.0 Å². The summed E-state index contributed by atoms with van der Waals surface area (Å²) in [7, 11) is 0. The van der Waals surface area contributed by atoms with Crippen molar-refractivity contribution in [2.75, 3.05) is 31.1 Å². The zero-order valence-corrected chi connectivity index (χ0v) is 23.1. The lowest BCUT2D eigenvalue weighted by Crippen LogP contribution is -2.63. The number of ketones is 1. The molecule has 0 aromatic rings. The van der Waals surface area contributed by atoms with Crippen molar-refractivity contribution in [2.45, 2.75) is 85.9 Å². The maximum Gasteiger partial charge on any atom is 0.316 e. The minimum atomic E-state index is -0.624. The molecule has 0 amide bonds. The van der Waals surface area contributed by atoms with Gasteiger partial charge >= 0.3 is 5.97 Å². The highest BCUT2D eigenvalue weighted by molar-refractivity contribution is 7.99. The third kappa shape index (κ3) is 4.64. The van der Waals surface area contributed by atoms with Gasteiger partial charge in [0.25, 0.3) is 0 Å². The van der Waals surface area contributed by atoms with Crippen molar-refractivity contribution in [1.29, 1.82) is 0 Å².